The Labute approximate surface area is 140 Å². The number of fused-ring (bicyclic) bond motifs is 1. The molecule has 1 aliphatic rings. The van der Waals surface area contributed by atoms with E-state index in [1.54, 1.807) is 0 Å². The van der Waals surface area contributed by atoms with Gasteiger partial charge in [-0.3, -0.25) is 14.8 Å². The summed E-state index contributed by atoms with van der Waals surface area (Å²) in [6.45, 7) is 2.34. The molecule has 1 aromatic heterocycles. The van der Waals surface area contributed by atoms with E-state index in [-0.39, 0.29) is 11.9 Å². The lowest BCUT2D eigenvalue weighted by Crippen LogP contribution is -2.30. The van der Waals surface area contributed by atoms with Crippen molar-refractivity contribution in [2.24, 2.45) is 0 Å². The largest absolute Gasteiger partial charge is 0.355 e. The van der Waals surface area contributed by atoms with Crippen molar-refractivity contribution in [1.82, 2.24) is 20.4 Å². The zero-order valence-corrected chi connectivity index (χ0v) is 13.4. The minimum Gasteiger partial charge on any atom is -0.355 e. The maximum atomic E-state index is 12.1. The minimum absolute atomic E-state index is 0.103. The van der Waals surface area contributed by atoms with Gasteiger partial charge in [0, 0.05) is 37.5 Å². The van der Waals surface area contributed by atoms with E-state index in [1.807, 2.05) is 24.4 Å². The fraction of sp³-hybridized carbons (Fsp3) is 0.263. The van der Waals surface area contributed by atoms with Crippen LogP contribution in [0.2, 0.25) is 0 Å². The first-order chi connectivity index (χ1) is 11.8. The molecule has 5 nitrogen and oxygen atoms in total. The number of amides is 1. The van der Waals surface area contributed by atoms with E-state index in [2.05, 4.69) is 50.7 Å². The molecule has 122 valence electrons. The van der Waals surface area contributed by atoms with Crippen molar-refractivity contribution in [3.63, 3.8) is 0 Å². The summed E-state index contributed by atoms with van der Waals surface area (Å²) < 4.78 is 0. The van der Waals surface area contributed by atoms with Crippen LogP contribution in [0.15, 0.2) is 54.7 Å². The highest BCUT2D eigenvalue weighted by atomic mass is 16.1. The highest BCUT2D eigenvalue weighted by Crippen LogP contribution is 2.27. The average Bonchev–Trinajstić information content (AvgIpc) is 2.99. The number of benzene rings is 2. The molecule has 2 heterocycles. The zero-order valence-electron chi connectivity index (χ0n) is 13.4. The molecule has 0 radical (unpaired) electrons. The first-order valence-electron chi connectivity index (χ1n) is 8.27. The van der Waals surface area contributed by atoms with Gasteiger partial charge in [0.15, 0.2) is 0 Å². The predicted molar refractivity (Wildman–Crippen MR) is 93.3 cm³/mol. The first kappa shape index (κ1) is 14.9. The van der Waals surface area contributed by atoms with Crippen molar-refractivity contribution in [2.45, 2.75) is 19.0 Å². The lowest BCUT2D eigenvalue weighted by molar-refractivity contribution is -0.121. The Morgan fingerprint density at radius 3 is 2.92 bits per heavy atom. The third kappa shape index (κ3) is 3.03. The van der Waals surface area contributed by atoms with Gasteiger partial charge in [-0.15, -0.1) is 0 Å². The number of aromatic nitrogens is 2. The van der Waals surface area contributed by atoms with Crippen molar-refractivity contribution in [1.29, 1.82) is 0 Å². The monoisotopic (exact) mass is 320 g/mol. The number of rotatable bonds is 3. The molecule has 0 aliphatic carbocycles. The highest BCUT2D eigenvalue weighted by Gasteiger charge is 2.26. The molecule has 5 heteroatoms. The van der Waals surface area contributed by atoms with Crippen LogP contribution in [0.25, 0.3) is 10.9 Å². The molecule has 1 saturated heterocycles. The van der Waals surface area contributed by atoms with Gasteiger partial charge in [0.2, 0.25) is 5.91 Å². The molecular weight excluding hydrogens is 300 g/mol. The molecule has 0 saturated carbocycles. The number of nitrogens with one attached hydrogen (secondary N) is 2. The normalized spacial score (nSPS) is 19.2. The SMILES string of the molecule is O=C1C[C@@H](c2ccccc2)N(Cc2ccc3cn[nH]c3c2)CCN1. The number of hydrogen-bond donors (Lipinski definition) is 2. The topological polar surface area (TPSA) is 61.0 Å². The van der Waals surface area contributed by atoms with Gasteiger partial charge in [-0.25, -0.2) is 0 Å². The van der Waals surface area contributed by atoms with Gasteiger partial charge in [0.05, 0.1) is 11.7 Å². The lowest BCUT2D eigenvalue weighted by Gasteiger charge is -2.29. The van der Waals surface area contributed by atoms with E-state index < -0.39 is 0 Å². The Hall–Kier alpha value is -2.66. The van der Waals surface area contributed by atoms with Crippen LogP contribution in [0, 0.1) is 0 Å². The van der Waals surface area contributed by atoms with E-state index in [9.17, 15) is 4.79 Å². The maximum Gasteiger partial charge on any atom is 0.221 e. The standard InChI is InChI=1S/C19H20N4O/c24-19-11-18(15-4-2-1-3-5-15)23(9-8-20-19)13-14-6-7-16-12-21-22-17(16)10-14/h1-7,10,12,18H,8-9,11,13H2,(H,20,24)(H,21,22)/t18-/m0/s1. The van der Waals surface area contributed by atoms with E-state index in [0.717, 1.165) is 24.0 Å². The first-order valence-corrected chi connectivity index (χ1v) is 8.27. The second-order valence-corrected chi connectivity index (χ2v) is 6.24. The molecule has 1 atom stereocenters. The second kappa shape index (κ2) is 6.45. The maximum absolute atomic E-state index is 12.1. The second-order valence-electron chi connectivity index (χ2n) is 6.24. The van der Waals surface area contributed by atoms with Crippen LogP contribution in [0.4, 0.5) is 0 Å². The fourth-order valence-electron chi connectivity index (χ4n) is 3.38. The molecule has 1 amide bonds. The van der Waals surface area contributed by atoms with E-state index in [4.69, 9.17) is 0 Å². The quantitative estimate of drug-likeness (QED) is 0.780. The van der Waals surface area contributed by atoms with Crippen molar-refractivity contribution in [3.05, 3.63) is 65.9 Å². The Balaban J connectivity index is 1.63. The smallest absolute Gasteiger partial charge is 0.221 e. The number of H-pyrrole nitrogens is 1. The summed E-state index contributed by atoms with van der Waals surface area (Å²) in [4.78, 5) is 14.4. The van der Waals surface area contributed by atoms with Crippen LogP contribution in [0.1, 0.15) is 23.6 Å². The Morgan fingerprint density at radius 2 is 2.04 bits per heavy atom. The molecule has 2 N–H and O–H groups in total. The van der Waals surface area contributed by atoms with E-state index >= 15 is 0 Å². The Morgan fingerprint density at radius 1 is 1.17 bits per heavy atom. The summed E-state index contributed by atoms with van der Waals surface area (Å²) in [6.07, 6.45) is 2.33. The molecule has 4 rings (SSSR count). The van der Waals surface area contributed by atoms with Crippen LogP contribution < -0.4 is 5.32 Å². The van der Waals surface area contributed by atoms with Crippen LogP contribution in [0.5, 0.6) is 0 Å². The summed E-state index contributed by atoms with van der Waals surface area (Å²) in [5.41, 5.74) is 3.46. The van der Waals surface area contributed by atoms with Crippen LogP contribution in [0.3, 0.4) is 0 Å². The van der Waals surface area contributed by atoms with Gasteiger partial charge in [-0.1, -0.05) is 42.5 Å². The van der Waals surface area contributed by atoms with Gasteiger partial charge >= 0.3 is 0 Å². The molecule has 0 spiro atoms. The summed E-state index contributed by atoms with van der Waals surface area (Å²) in [5.74, 6) is 0.121. The van der Waals surface area contributed by atoms with E-state index in [0.29, 0.717) is 13.0 Å². The summed E-state index contributed by atoms with van der Waals surface area (Å²) in [5, 5.41) is 11.2. The van der Waals surface area contributed by atoms with Crippen molar-refractivity contribution < 1.29 is 4.79 Å². The molecule has 24 heavy (non-hydrogen) atoms. The third-order valence-corrected chi connectivity index (χ3v) is 4.62. The van der Waals surface area contributed by atoms with Gasteiger partial charge < -0.3 is 5.32 Å². The molecule has 1 fully saturated rings. The Bertz CT molecular complexity index is 843. The van der Waals surface area contributed by atoms with Gasteiger partial charge in [0.1, 0.15) is 0 Å². The van der Waals surface area contributed by atoms with Crippen LogP contribution in [-0.2, 0) is 11.3 Å². The van der Waals surface area contributed by atoms with Crippen molar-refractivity contribution >= 4 is 16.8 Å². The van der Waals surface area contributed by atoms with Crippen LogP contribution in [-0.4, -0.2) is 34.1 Å². The third-order valence-electron chi connectivity index (χ3n) is 4.62. The van der Waals surface area contributed by atoms with Gasteiger partial charge in [0.25, 0.3) is 0 Å². The van der Waals surface area contributed by atoms with Crippen LogP contribution >= 0.6 is 0 Å². The molecule has 0 bridgehead atoms. The molecular formula is C19H20N4O. The Kier molecular flexibility index (Phi) is 4.01. The molecule has 3 aromatic rings. The summed E-state index contributed by atoms with van der Waals surface area (Å²) in [6, 6.07) is 16.8. The highest BCUT2D eigenvalue weighted by molar-refractivity contribution is 5.78. The van der Waals surface area contributed by atoms with E-state index in [1.165, 1.54) is 11.1 Å². The average molecular weight is 320 g/mol. The fourth-order valence-corrected chi connectivity index (χ4v) is 3.38. The summed E-state index contributed by atoms with van der Waals surface area (Å²) >= 11 is 0. The number of aromatic amines is 1. The van der Waals surface area contributed by atoms with Gasteiger partial charge in [-0.05, 0) is 17.2 Å². The zero-order chi connectivity index (χ0) is 16.4. The molecule has 0 unspecified atom stereocenters. The lowest BCUT2D eigenvalue weighted by atomic mass is 10.0. The molecule has 2 aromatic carbocycles. The van der Waals surface area contributed by atoms with Crippen molar-refractivity contribution in [2.75, 3.05) is 13.1 Å². The number of carbonyl (C=O) groups excluding carboxylic acids is 1. The minimum atomic E-state index is 0.103. The number of carbonyl (C=O) groups is 1. The van der Waals surface area contributed by atoms with Gasteiger partial charge in [-0.2, -0.15) is 5.10 Å². The predicted octanol–water partition coefficient (Wildman–Crippen LogP) is 2.63. The summed E-state index contributed by atoms with van der Waals surface area (Å²) in [7, 11) is 0. The number of nitrogens with zero attached hydrogens (tertiary/aromatic N) is 2. The number of hydrogen-bond acceptors (Lipinski definition) is 3. The molecule has 1 aliphatic heterocycles. The van der Waals surface area contributed by atoms with Crippen molar-refractivity contribution in [3.8, 4) is 0 Å².